The third-order valence-electron chi connectivity index (χ3n) is 6.26. The zero-order valence-electron chi connectivity index (χ0n) is 19.8. The number of H-pyrrole nitrogens is 1. The summed E-state index contributed by atoms with van der Waals surface area (Å²) < 4.78 is 36.3. The number of ether oxygens (including phenoxy) is 1. The van der Waals surface area contributed by atoms with Gasteiger partial charge in [-0.05, 0) is 51.2 Å². The van der Waals surface area contributed by atoms with E-state index in [1.807, 2.05) is 10.7 Å². The summed E-state index contributed by atoms with van der Waals surface area (Å²) in [7, 11) is 0. The Morgan fingerprint density at radius 2 is 1.91 bits per heavy atom. The van der Waals surface area contributed by atoms with Gasteiger partial charge in [0.15, 0.2) is 11.6 Å². The molecule has 0 saturated carbocycles. The summed E-state index contributed by atoms with van der Waals surface area (Å²) in [6.07, 6.45) is 6.17. The number of piperidine rings is 1. The van der Waals surface area contributed by atoms with Gasteiger partial charge in [-0.1, -0.05) is 6.92 Å². The van der Waals surface area contributed by atoms with E-state index in [2.05, 4.69) is 44.3 Å². The van der Waals surface area contributed by atoms with Crippen LogP contribution >= 0.6 is 0 Å². The predicted octanol–water partition coefficient (Wildman–Crippen LogP) is 5.44. The summed E-state index contributed by atoms with van der Waals surface area (Å²) in [5, 5.41) is 7.97. The Morgan fingerprint density at radius 1 is 1.12 bits per heavy atom. The van der Waals surface area contributed by atoms with E-state index in [0.717, 1.165) is 36.5 Å². The number of nitrogens with zero attached hydrogens (tertiary/aromatic N) is 4. The zero-order chi connectivity index (χ0) is 23.8. The van der Waals surface area contributed by atoms with Gasteiger partial charge in [-0.25, -0.2) is 13.9 Å². The number of halogens is 2. The monoisotopic (exact) mass is 468 g/mol. The van der Waals surface area contributed by atoms with Crippen molar-refractivity contribution < 1.29 is 13.5 Å². The Balaban J connectivity index is 1.46. The molecule has 0 radical (unpaired) electrons. The second kappa shape index (κ2) is 9.12. The van der Waals surface area contributed by atoms with E-state index in [1.165, 1.54) is 30.9 Å². The zero-order valence-corrected chi connectivity index (χ0v) is 19.8. The average molecular weight is 469 g/mol. The van der Waals surface area contributed by atoms with Gasteiger partial charge < -0.3 is 19.9 Å². The molecule has 4 heterocycles. The maximum Gasteiger partial charge on any atom is 0.203 e. The Kier molecular flexibility index (Phi) is 6.02. The number of aromatic amines is 1. The van der Waals surface area contributed by atoms with Gasteiger partial charge in [0.25, 0.3) is 0 Å². The van der Waals surface area contributed by atoms with E-state index in [4.69, 9.17) is 4.74 Å². The molecule has 1 aliphatic rings. The van der Waals surface area contributed by atoms with Crippen LogP contribution < -0.4 is 15.0 Å². The van der Waals surface area contributed by atoms with Crippen molar-refractivity contribution in [1.29, 1.82) is 0 Å². The Morgan fingerprint density at radius 3 is 2.65 bits per heavy atom. The number of fused-ring (bicyclic) bond motifs is 2. The fourth-order valence-electron chi connectivity index (χ4n) is 4.57. The molecule has 1 aliphatic heterocycles. The van der Waals surface area contributed by atoms with Gasteiger partial charge in [0.1, 0.15) is 17.2 Å². The van der Waals surface area contributed by atoms with Crippen LogP contribution in [0, 0.1) is 11.6 Å². The highest BCUT2D eigenvalue weighted by atomic mass is 19.2. The van der Waals surface area contributed by atoms with Crippen LogP contribution in [0.3, 0.4) is 0 Å². The van der Waals surface area contributed by atoms with E-state index in [9.17, 15) is 8.78 Å². The Hall–Kier alpha value is -3.36. The molecule has 0 amide bonds. The molecule has 1 saturated heterocycles. The Bertz CT molecular complexity index is 1320. The number of nitrogens with one attached hydrogen (secondary N) is 2. The largest absolute Gasteiger partial charge is 0.488 e. The second-order valence-corrected chi connectivity index (χ2v) is 9.07. The van der Waals surface area contributed by atoms with Crippen LogP contribution in [0.2, 0.25) is 0 Å². The maximum atomic E-state index is 14.6. The molecule has 9 heteroatoms. The van der Waals surface area contributed by atoms with Crippen molar-refractivity contribution in [3.63, 3.8) is 0 Å². The van der Waals surface area contributed by atoms with Gasteiger partial charge in [0.2, 0.25) is 5.82 Å². The molecule has 0 unspecified atom stereocenters. The summed E-state index contributed by atoms with van der Waals surface area (Å²) >= 11 is 0. The van der Waals surface area contributed by atoms with Crippen molar-refractivity contribution in [3.05, 3.63) is 47.4 Å². The minimum atomic E-state index is -1.02. The van der Waals surface area contributed by atoms with Gasteiger partial charge in [-0.15, -0.1) is 0 Å². The number of rotatable bonds is 7. The van der Waals surface area contributed by atoms with Crippen molar-refractivity contribution in [1.82, 2.24) is 19.6 Å². The molecule has 0 bridgehead atoms. The summed E-state index contributed by atoms with van der Waals surface area (Å²) in [6, 6.07) is 5.76. The lowest BCUT2D eigenvalue weighted by Crippen LogP contribution is -2.29. The van der Waals surface area contributed by atoms with Gasteiger partial charge in [0, 0.05) is 30.9 Å². The van der Waals surface area contributed by atoms with E-state index in [1.54, 1.807) is 13.8 Å². The molecule has 0 spiro atoms. The van der Waals surface area contributed by atoms with Crippen molar-refractivity contribution in [2.75, 3.05) is 23.3 Å². The fourth-order valence-corrected chi connectivity index (χ4v) is 4.57. The highest BCUT2D eigenvalue weighted by Crippen LogP contribution is 2.30. The molecule has 5 rings (SSSR count). The molecule has 1 fully saturated rings. The summed E-state index contributed by atoms with van der Waals surface area (Å²) in [4.78, 5) is 9.80. The summed E-state index contributed by atoms with van der Waals surface area (Å²) in [5.74, 6) is -0.831. The minimum absolute atomic E-state index is 0.0371. The SMILES string of the molecule is CCc1cnn2c(NCc3nc4c(F)c(F)c(OC(C)C)cc4[nH]3)cc(N3CCCCC3)cc12. The lowest BCUT2D eigenvalue weighted by molar-refractivity contribution is 0.228. The quantitative estimate of drug-likeness (QED) is 0.378. The van der Waals surface area contributed by atoms with Crippen molar-refractivity contribution in [2.24, 2.45) is 0 Å². The smallest absolute Gasteiger partial charge is 0.203 e. The number of pyridine rings is 1. The number of imidazole rings is 1. The molecule has 0 aliphatic carbocycles. The molecular formula is C25H30F2N6O. The van der Waals surface area contributed by atoms with Crippen LogP contribution in [0.15, 0.2) is 24.4 Å². The number of benzene rings is 1. The predicted molar refractivity (Wildman–Crippen MR) is 130 cm³/mol. The fraction of sp³-hybridized carbons (Fsp3) is 0.440. The topological polar surface area (TPSA) is 70.5 Å². The molecule has 7 nitrogen and oxygen atoms in total. The number of hydrogen-bond acceptors (Lipinski definition) is 5. The highest BCUT2D eigenvalue weighted by Gasteiger charge is 2.20. The summed E-state index contributed by atoms with van der Waals surface area (Å²) in [6.45, 7) is 8.04. The van der Waals surface area contributed by atoms with E-state index in [0.29, 0.717) is 17.9 Å². The van der Waals surface area contributed by atoms with Gasteiger partial charge in [0.05, 0.1) is 29.9 Å². The molecule has 4 aromatic rings. The first kappa shape index (κ1) is 22.4. The molecule has 3 aromatic heterocycles. The van der Waals surface area contributed by atoms with Crippen LogP contribution in [0.25, 0.3) is 16.6 Å². The van der Waals surface area contributed by atoms with Gasteiger partial charge >= 0.3 is 0 Å². The first-order chi connectivity index (χ1) is 16.4. The number of anilines is 2. The molecule has 0 atom stereocenters. The Labute approximate surface area is 197 Å². The first-order valence-electron chi connectivity index (χ1n) is 12.0. The van der Waals surface area contributed by atoms with Crippen LogP contribution in [0.5, 0.6) is 5.75 Å². The van der Waals surface area contributed by atoms with Crippen molar-refractivity contribution in [2.45, 2.75) is 59.1 Å². The second-order valence-electron chi connectivity index (χ2n) is 9.07. The van der Waals surface area contributed by atoms with Crippen LogP contribution in [-0.4, -0.2) is 38.8 Å². The van der Waals surface area contributed by atoms with Gasteiger partial charge in [-0.3, -0.25) is 0 Å². The maximum absolute atomic E-state index is 14.6. The van der Waals surface area contributed by atoms with E-state index in [-0.39, 0.29) is 17.4 Å². The minimum Gasteiger partial charge on any atom is -0.488 e. The third-order valence-corrected chi connectivity index (χ3v) is 6.26. The highest BCUT2D eigenvalue weighted by molar-refractivity contribution is 5.78. The molecule has 1 aromatic carbocycles. The third kappa shape index (κ3) is 4.15. The van der Waals surface area contributed by atoms with Crippen LogP contribution in [0.1, 0.15) is 51.4 Å². The van der Waals surface area contributed by atoms with Crippen molar-refractivity contribution >= 4 is 28.1 Å². The number of hydrogen-bond donors (Lipinski definition) is 2. The molecule has 34 heavy (non-hydrogen) atoms. The lowest BCUT2D eigenvalue weighted by Gasteiger charge is -2.29. The normalized spacial score (nSPS) is 14.5. The lowest BCUT2D eigenvalue weighted by atomic mass is 10.1. The number of aromatic nitrogens is 4. The average Bonchev–Trinajstić information content (AvgIpc) is 3.45. The summed E-state index contributed by atoms with van der Waals surface area (Å²) in [5.41, 5.74) is 3.77. The standard InChI is InChI=1S/C25H30F2N6O/c1-4-16-13-29-33-19(16)10-17(32-8-6-5-7-9-32)11-22(33)28-14-21-30-18-12-20(34-15(2)3)23(26)24(27)25(18)31-21/h10-13,15,28H,4-9,14H2,1-3H3,(H,30,31). The van der Waals surface area contributed by atoms with Crippen LogP contribution in [0.4, 0.5) is 20.3 Å². The molecule has 2 N–H and O–H groups in total. The molecule has 180 valence electrons. The first-order valence-corrected chi connectivity index (χ1v) is 12.0. The molecular weight excluding hydrogens is 438 g/mol. The van der Waals surface area contributed by atoms with E-state index >= 15 is 0 Å². The van der Waals surface area contributed by atoms with Crippen molar-refractivity contribution in [3.8, 4) is 5.75 Å². The van der Waals surface area contributed by atoms with E-state index < -0.39 is 11.6 Å². The number of aryl methyl sites for hydroxylation is 1. The van der Waals surface area contributed by atoms with Crippen LogP contribution in [-0.2, 0) is 13.0 Å². The van der Waals surface area contributed by atoms with Gasteiger partial charge in [-0.2, -0.15) is 9.49 Å².